The fourth-order valence-electron chi connectivity index (χ4n) is 1.83. The predicted molar refractivity (Wildman–Crippen MR) is 79.8 cm³/mol. The van der Waals surface area contributed by atoms with Gasteiger partial charge in [0, 0.05) is 19.3 Å². The van der Waals surface area contributed by atoms with Crippen molar-refractivity contribution in [2.24, 2.45) is 11.7 Å². The van der Waals surface area contributed by atoms with Crippen LogP contribution >= 0.6 is 0 Å². The zero-order valence-electron chi connectivity index (χ0n) is 12.4. The van der Waals surface area contributed by atoms with Gasteiger partial charge in [-0.25, -0.2) is 13.1 Å². The van der Waals surface area contributed by atoms with E-state index in [1.54, 1.807) is 10.9 Å². The molecule has 0 unspecified atom stereocenters. The first-order chi connectivity index (χ1) is 9.45. The van der Waals surface area contributed by atoms with Crippen LogP contribution in [0.2, 0.25) is 0 Å². The fraction of sp³-hybridized carbons (Fsp3) is 0.769. The van der Waals surface area contributed by atoms with Gasteiger partial charge >= 0.3 is 0 Å². The van der Waals surface area contributed by atoms with Crippen LogP contribution < -0.4 is 10.5 Å². The van der Waals surface area contributed by atoms with Crippen LogP contribution in [0.5, 0.6) is 0 Å². The average molecular weight is 302 g/mol. The lowest BCUT2D eigenvalue weighted by atomic mass is 10.1. The topological polar surface area (TPSA) is 90.0 Å². The lowest BCUT2D eigenvalue weighted by Gasteiger charge is -2.06. The van der Waals surface area contributed by atoms with Crippen molar-refractivity contribution in [3.8, 4) is 0 Å². The lowest BCUT2D eigenvalue weighted by molar-refractivity contribution is 0.530. The quantitative estimate of drug-likeness (QED) is 0.638. The molecule has 0 fully saturated rings. The molecule has 1 aromatic heterocycles. The SMILES string of the molecule is CC(C)CCCCNS(=O)(=O)c1cnn(CCCN)c1. The number of aromatic nitrogens is 2. The molecule has 20 heavy (non-hydrogen) atoms. The Morgan fingerprint density at radius 1 is 1.35 bits per heavy atom. The van der Waals surface area contributed by atoms with E-state index >= 15 is 0 Å². The van der Waals surface area contributed by atoms with Crippen LogP contribution in [0.15, 0.2) is 17.3 Å². The van der Waals surface area contributed by atoms with Crippen molar-refractivity contribution in [3.63, 3.8) is 0 Å². The molecule has 0 aromatic carbocycles. The second kappa shape index (κ2) is 8.39. The number of hydrogen-bond acceptors (Lipinski definition) is 4. The Morgan fingerprint density at radius 3 is 2.75 bits per heavy atom. The minimum Gasteiger partial charge on any atom is -0.330 e. The van der Waals surface area contributed by atoms with Crippen molar-refractivity contribution in [3.05, 3.63) is 12.4 Å². The maximum absolute atomic E-state index is 12.0. The van der Waals surface area contributed by atoms with Crippen LogP contribution in [-0.2, 0) is 16.6 Å². The Morgan fingerprint density at radius 2 is 2.10 bits per heavy atom. The summed E-state index contributed by atoms with van der Waals surface area (Å²) >= 11 is 0. The van der Waals surface area contributed by atoms with Gasteiger partial charge in [-0.15, -0.1) is 0 Å². The van der Waals surface area contributed by atoms with E-state index in [-0.39, 0.29) is 4.90 Å². The molecule has 0 radical (unpaired) electrons. The van der Waals surface area contributed by atoms with Gasteiger partial charge in [0.25, 0.3) is 0 Å². The molecular weight excluding hydrogens is 276 g/mol. The van der Waals surface area contributed by atoms with Gasteiger partial charge in [-0.3, -0.25) is 4.68 Å². The maximum Gasteiger partial charge on any atom is 0.243 e. The van der Waals surface area contributed by atoms with Crippen molar-refractivity contribution >= 4 is 10.0 Å². The molecule has 0 bridgehead atoms. The Hall–Kier alpha value is -0.920. The first-order valence-corrected chi connectivity index (χ1v) is 8.66. The lowest BCUT2D eigenvalue weighted by Crippen LogP contribution is -2.24. The number of nitrogens with zero attached hydrogens (tertiary/aromatic N) is 2. The third-order valence-corrected chi connectivity index (χ3v) is 4.43. The molecule has 3 N–H and O–H groups in total. The van der Waals surface area contributed by atoms with Gasteiger partial charge in [-0.2, -0.15) is 5.10 Å². The molecule has 0 aliphatic carbocycles. The number of hydrogen-bond donors (Lipinski definition) is 2. The van der Waals surface area contributed by atoms with Crippen LogP contribution in [0.1, 0.15) is 39.5 Å². The number of unbranched alkanes of at least 4 members (excludes halogenated alkanes) is 1. The smallest absolute Gasteiger partial charge is 0.243 e. The minimum absolute atomic E-state index is 0.221. The highest BCUT2D eigenvalue weighted by molar-refractivity contribution is 7.89. The summed E-state index contributed by atoms with van der Waals surface area (Å²) < 4.78 is 28.3. The average Bonchev–Trinajstić information content (AvgIpc) is 2.85. The summed E-state index contributed by atoms with van der Waals surface area (Å²) in [6, 6.07) is 0. The van der Waals surface area contributed by atoms with Gasteiger partial charge in [0.2, 0.25) is 10.0 Å². The zero-order valence-corrected chi connectivity index (χ0v) is 13.2. The summed E-state index contributed by atoms with van der Waals surface area (Å²) in [5.74, 6) is 0.660. The van der Waals surface area contributed by atoms with E-state index in [2.05, 4.69) is 23.7 Å². The minimum atomic E-state index is -3.43. The Labute approximate surface area is 121 Å². The summed E-state index contributed by atoms with van der Waals surface area (Å²) in [4.78, 5) is 0.221. The van der Waals surface area contributed by atoms with Gasteiger partial charge < -0.3 is 5.73 Å². The first-order valence-electron chi connectivity index (χ1n) is 7.18. The van der Waals surface area contributed by atoms with Crippen molar-refractivity contribution in [1.29, 1.82) is 0 Å². The second-order valence-electron chi connectivity index (χ2n) is 5.37. The van der Waals surface area contributed by atoms with Crippen LogP contribution in [-0.4, -0.2) is 31.3 Å². The van der Waals surface area contributed by atoms with Crippen LogP contribution in [0, 0.1) is 5.92 Å². The Kier molecular flexibility index (Phi) is 7.18. The molecule has 0 amide bonds. The number of sulfonamides is 1. The van der Waals surface area contributed by atoms with Crippen LogP contribution in [0.3, 0.4) is 0 Å². The van der Waals surface area contributed by atoms with Gasteiger partial charge in [0.1, 0.15) is 4.90 Å². The third kappa shape index (κ3) is 6.02. The summed E-state index contributed by atoms with van der Waals surface area (Å²) in [6.45, 7) is 6.01. The standard InChI is InChI=1S/C13H26N4O2S/c1-12(2)6-3-4-8-16-20(18,19)13-10-15-17(11-13)9-5-7-14/h10-12,16H,3-9,14H2,1-2H3. The van der Waals surface area contributed by atoms with Crippen molar-refractivity contribution in [1.82, 2.24) is 14.5 Å². The third-order valence-electron chi connectivity index (χ3n) is 3.01. The van der Waals surface area contributed by atoms with E-state index < -0.39 is 10.0 Å². The highest BCUT2D eigenvalue weighted by Gasteiger charge is 2.15. The van der Waals surface area contributed by atoms with Gasteiger partial charge in [-0.05, 0) is 25.3 Å². The Bertz CT molecular complexity index is 482. The van der Waals surface area contributed by atoms with E-state index in [1.165, 1.54) is 6.20 Å². The normalized spacial score (nSPS) is 12.2. The first kappa shape index (κ1) is 17.1. The Balaban J connectivity index is 2.41. The van der Waals surface area contributed by atoms with E-state index in [1.807, 2.05) is 0 Å². The molecule has 1 aromatic rings. The van der Waals surface area contributed by atoms with E-state index in [0.29, 0.717) is 25.6 Å². The molecule has 0 atom stereocenters. The summed E-state index contributed by atoms with van der Waals surface area (Å²) in [5.41, 5.74) is 5.41. The monoisotopic (exact) mass is 302 g/mol. The maximum atomic E-state index is 12.0. The summed E-state index contributed by atoms with van der Waals surface area (Å²) in [5, 5.41) is 4.03. The largest absolute Gasteiger partial charge is 0.330 e. The molecule has 0 saturated heterocycles. The molecule has 1 heterocycles. The molecule has 0 aliphatic heterocycles. The fourth-order valence-corrected chi connectivity index (χ4v) is 2.85. The molecule has 7 heteroatoms. The van der Waals surface area contributed by atoms with Gasteiger partial charge in [-0.1, -0.05) is 26.7 Å². The molecule has 116 valence electrons. The predicted octanol–water partition coefficient (Wildman–Crippen LogP) is 1.34. The van der Waals surface area contributed by atoms with E-state index in [0.717, 1.165) is 25.7 Å². The molecule has 0 aliphatic rings. The van der Waals surface area contributed by atoms with E-state index in [9.17, 15) is 8.42 Å². The molecular formula is C13H26N4O2S. The van der Waals surface area contributed by atoms with Gasteiger partial charge in [0.15, 0.2) is 0 Å². The van der Waals surface area contributed by atoms with Gasteiger partial charge in [0.05, 0.1) is 6.20 Å². The highest BCUT2D eigenvalue weighted by atomic mass is 32.2. The van der Waals surface area contributed by atoms with E-state index in [4.69, 9.17) is 5.73 Å². The van der Waals surface area contributed by atoms with Crippen LogP contribution in [0.4, 0.5) is 0 Å². The summed E-state index contributed by atoms with van der Waals surface area (Å²) in [7, 11) is -3.43. The zero-order chi connectivity index (χ0) is 15.0. The number of nitrogens with one attached hydrogen (secondary N) is 1. The number of aryl methyl sites for hydroxylation is 1. The molecule has 6 nitrogen and oxygen atoms in total. The van der Waals surface area contributed by atoms with Crippen molar-refractivity contribution in [2.45, 2.75) is 51.0 Å². The molecule has 1 rings (SSSR count). The molecule has 0 spiro atoms. The van der Waals surface area contributed by atoms with Crippen molar-refractivity contribution < 1.29 is 8.42 Å². The van der Waals surface area contributed by atoms with Crippen LogP contribution in [0.25, 0.3) is 0 Å². The van der Waals surface area contributed by atoms with Crippen molar-refractivity contribution in [2.75, 3.05) is 13.1 Å². The summed E-state index contributed by atoms with van der Waals surface area (Å²) in [6.07, 6.45) is 6.73. The number of rotatable bonds is 10. The second-order valence-corrected chi connectivity index (χ2v) is 7.14. The highest BCUT2D eigenvalue weighted by Crippen LogP contribution is 2.09. The number of nitrogens with two attached hydrogens (primary N) is 1. The molecule has 0 saturated carbocycles.